The first-order valence-corrected chi connectivity index (χ1v) is 8.33. The van der Waals surface area contributed by atoms with Crippen LogP contribution in [0.15, 0.2) is 36.5 Å². The molecule has 0 aliphatic carbocycles. The summed E-state index contributed by atoms with van der Waals surface area (Å²) in [7, 11) is 0. The predicted octanol–water partition coefficient (Wildman–Crippen LogP) is 4.15. The van der Waals surface area contributed by atoms with E-state index in [1.54, 1.807) is 16.5 Å². The maximum Gasteiger partial charge on any atom is 0.355 e. The molecule has 0 saturated heterocycles. The number of benzene rings is 1. The van der Waals surface area contributed by atoms with Gasteiger partial charge in [-0.2, -0.15) is 0 Å². The number of halogens is 1. The van der Waals surface area contributed by atoms with Gasteiger partial charge in [-0.15, -0.1) is 0 Å². The van der Waals surface area contributed by atoms with Crippen LogP contribution in [0.1, 0.15) is 41.7 Å². The number of hydrogen-bond acceptors (Lipinski definition) is 3. The smallest absolute Gasteiger partial charge is 0.355 e. The molecule has 3 aromatic rings. The Morgan fingerprint density at radius 3 is 2.84 bits per heavy atom. The summed E-state index contributed by atoms with van der Waals surface area (Å²) in [6.07, 6.45) is 4.00. The van der Waals surface area contributed by atoms with Gasteiger partial charge < -0.3 is 10.4 Å². The van der Waals surface area contributed by atoms with E-state index in [4.69, 9.17) is 0 Å². The number of imidazole rings is 1. The third-order valence-electron chi connectivity index (χ3n) is 4.77. The van der Waals surface area contributed by atoms with Gasteiger partial charge in [0.05, 0.1) is 0 Å². The van der Waals surface area contributed by atoms with E-state index in [1.165, 1.54) is 12.1 Å². The molecule has 0 radical (unpaired) electrons. The van der Waals surface area contributed by atoms with Crippen molar-refractivity contribution in [3.05, 3.63) is 53.6 Å². The number of carboxylic acid groups (broad SMARTS) is 1. The molecule has 0 fully saturated rings. The molecule has 2 aromatic heterocycles. The molecular formula is C19H18FN3O2. The lowest BCUT2D eigenvalue weighted by Crippen LogP contribution is -2.06. The van der Waals surface area contributed by atoms with Crippen LogP contribution in [0, 0.1) is 5.82 Å². The summed E-state index contributed by atoms with van der Waals surface area (Å²) < 4.78 is 14.8. The second-order valence-corrected chi connectivity index (χ2v) is 6.46. The van der Waals surface area contributed by atoms with E-state index in [0.29, 0.717) is 22.8 Å². The molecular weight excluding hydrogens is 321 g/mol. The van der Waals surface area contributed by atoms with Crippen molar-refractivity contribution < 1.29 is 14.3 Å². The molecule has 5 nitrogen and oxygen atoms in total. The number of anilines is 1. The molecule has 2 N–H and O–H groups in total. The fourth-order valence-electron chi connectivity index (χ4n) is 3.45. The van der Waals surface area contributed by atoms with Crippen LogP contribution in [0.5, 0.6) is 0 Å². The summed E-state index contributed by atoms with van der Waals surface area (Å²) in [6, 6.07) is 7.62. The first-order chi connectivity index (χ1) is 12.0. The van der Waals surface area contributed by atoms with Crippen molar-refractivity contribution in [1.29, 1.82) is 0 Å². The molecule has 128 valence electrons. The number of rotatable bonds is 2. The molecule has 1 aliphatic heterocycles. The number of pyridine rings is 1. The van der Waals surface area contributed by atoms with E-state index in [9.17, 15) is 14.3 Å². The Hall–Kier alpha value is -2.89. The van der Waals surface area contributed by atoms with Gasteiger partial charge in [-0.3, -0.25) is 4.40 Å². The highest BCUT2D eigenvalue weighted by molar-refractivity contribution is 5.95. The van der Waals surface area contributed by atoms with Gasteiger partial charge in [-0.05, 0) is 48.6 Å². The third-order valence-corrected chi connectivity index (χ3v) is 4.77. The normalized spacial score (nSPS) is 17.0. The lowest BCUT2D eigenvalue weighted by Gasteiger charge is -2.13. The molecule has 0 bridgehead atoms. The number of nitrogens with one attached hydrogen (secondary N) is 1. The van der Waals surface area contributed by atoms with Crippen LogP contribution in [-0.4, -0.2) is 27.0 Å². The quantitative estimate of drug-likeness (QED) is 0.736. The van der Waals surface area contributed by atoms with Crippen molar-refractivity contribution in [3.8, 4) is 11.3 Å². The van der Waals surface area contributed by atoms with Crippen molar-refractivity contribution >= 4 is 17.3 Å². The zero-order valence-corrected chi connectivity index (χ0v) is 13.8. The number of carbonyl (C=O) groups is 1. The lowest BCUT2D eigenvalue weighted by atomic mass is 9.98. The van der Waals surface area contributed by atoms with Crippen LogP contribution in [0.2, 0.25) is 0 Å². The van der Waals surface area contributed by atoms with E-state index < -0.39 is 5.97 Å². The highest BCUT2D eigenvalue weighted by Crippen LogP contribution is 2.34. The second-order valence-electron chi connectivity index (χ2n) is 6.46. The summed E-state index contributed by atoms with van der Waals surface area (Å²) in [5.41, 5.74) is 3.69. The Kier molecular flexibility index (Phi) is 3.67. The van der Waals surface area contributed by atoms with Crippen LogP contribution in [0.3, 0.4) is 0 Å². The zero-order valence-electron chi connectivity index (χ0n) is 13.8. The fourth-order valence-corrected chi connectivity index (χ4v) is 3.45. The van der Waals surface area contributed by atoms with Crippen molar-refractivity contribution in [3.63, 3.8) is 0 Å². The van der Waals surface area contributed by atoms with Gasteiger partial charge in [-0.25, -0.2) is 14.2 Å². The molecule has 25 heavy (non-hydrogen) atoms. The minimum absolute atomic E-state index is 0.0980. The van der Waals surface area contributed by atoms with Gasteiger partial charge in [0.15, 0.2) is 5.69 Å². The molecule has 0 saturated carbocycles. The van der Waals surface area contributed by atoms with Gasteiger partial charge in [0, 0.05) is 30.1 Å². The van der Waals surface area contributed by atoms with Crippen LogP contribution >= 0.6 is 0 Å². The second kappa shape index (κ2) is 5.88. The Balaban J connectivity index is 1.97. The van der Waals surface area contributed by atoms with E-state index >= 15 is 0 Å². The Bertz CT molecular complexity index is 963. The van der Waals surface area contributed by atoms with Gasteiger partial charge in [0.1, 0.15) is 17.2 Å². The topological polar surface area (TPSA) is 66.6 Å². The molecule has 1 aromatic carbocycles. The number of nitrogens with zero attached hydrogens (tertiary/aromatic N) is 2. The number of carboxylic acids is 1. The molecule has 6 heteroatoms. The summed E-state index contributed by atoms with van der Waals surface area (Å²) in [4.78, 5) is 16.4. The third kappa shape index (κ3) is 2.63. The highest BCUT2D eigenvalue weighted by atomic mass is 19.1. The maximum absolute atomic E-state index is 13.2. The Morgan fingerprint density at radius 1 is 1.36 bits per heavy atom. The predicted molar refractivity (Wildman–Crippen MR) is 93.7 cm³/mol. The average Bonchev–Trinajstić information content (AvgIpc) is 2.87. The standard InChI is InChI=1S/C19H18FN3O2/c1-11-3-2-8-21-15-9-16-22-17(12-4-6-13(20)7-5-12)18(19(24)25)23(16)10-14(11)15/h4-7,9-11,21H,2-3,8H2,1H3,(H,24,25). The fraction of sp³-hybridized carbons (Fsp3) is 0.263. The molecule has 0 amide bonds. The van der Waals surface area contributed by atoms with E-state index in [-0.39, 0.29) is 11.5 Å². The summed E-state index contributed by atoms with van der Waals surface area (Å²) in [6.45, 7) is 3.04. The van der Waals surface area contributed by atoms with Crippen molar-refractivity contribution in [2.75, 3.05) is 11.9 Å². The SMILES string of the molecule is CC1CCCNc2cc3nc(-c4ccc(F)cc4)c(C(=O)O)n3cc21. The van der Waals surface area contributed by atoms with Gasteiger partial charge in [0.25, 0.3) is 0 Å². The molecule has 1 unspecified atom stereocenters. The number of aromatic carboxylic acids is 1. The van der Waals surface area contributed by atoms with Crippen molar-refractivity contribution in [2.45, 2.75) is 25.7 Å². The van der Waals surface area contributed by atoms with Gasteiger partial charge in [0.2, 0.25) is 0 Å². The lowest BCUT2D eigenvalue weighted by molar-refractivity contribution is 0.0690. The number of fused-ring (bicyclic) bond motifs is 2. The minimum atomic E-state index is -1.05. The van der Waals surface area contributed by atoms with E-state index in [1.807, 2.05) is 12.3 Å². The minimum Gasteiger partial charge on any atom is -0.476 e. The van der Waals surface area contributed by atoms with Crippen molar-refractivity contribution in [1.82, 2.24) is 9.38 Å². The molecule has 0 spiro atoms. The molecule has 1 atom stereocenters. The molecule has 1 aliphatic rings. The van der Waals surface area contributed by atoms with E-state index in [0.717, 1.165) is 30.6 Å². The molecule has 4 rings (SSSR count). The summed E-state index contributed by atoms with van der Waals surface area (Å²) >= 11 is 0. The highest BCUT2D eigenvalue weighted by Gasteiger charge is 2.23. The van der Waals surface area contributed by atoms with E-state index in [2.05, 4.69) is 17.2 Å². The number of aromatic nitrogens is 2. The van der Waals surface area contributed by atoms with Crippen LogP contribution in [0.4, 0.5) is 10.1 Å². The first-order valence-electron chi connectivity index (χ1n) is 8.33. The largest absolute Gasteiger partial charge is 0.476 e. The average molecular weight is 339 g/mol. The van der Waals surface area contributed by atoms with Crippen LogP contribution < -0.4 is 5.32 Å². The van der Waals surface area contributed by atoms with Gasteiger partial charge >= 0.3 is 5.97 Å². The van der Waals surface area contributed by atoms with Crippen LogP contribution in [-0.2, 0) is 0 Å². The Morgan fingerprint density at radius 2 is 2.12 bits per heavy atom. The summed E-state index contributed by atoms with van der Waals surface area (Å²) in [5, 5.41) is 13.1. The maximum atomic E-state index is 13.2. The Labute approximate surface area is 144 Å². The van der Waals surface area contributed by atoms with Crippen molar-refractivity contribution in [2.24, 2.45) is 0 Å². The molecule has 3 heterocycles. The monoisotopic (exact) mass is 339 g/mol. The van der Waals surface area contributed by atoms with Crippen LogP contribution in [0.25, 0.3) is 16.9 Å². The van der Waals surface area contributed by atoms with Gasteiger partial charge in [-0.1, -0.05) is 6.92 Å². The summed E-state index contributed by atoms with van der Waals surface area (Å²) in [5.74, 6) is -1.08. The first kappa shape index (κ1) is 15.6. The zero-order chi connectivity index (χ0) is 17.6. The number of hydrogen-bond donors (Lipinski definition) is 2.